The number of nitrogens with one attached hydrogen (secondary N) is 3. The van der Waals surface area contributed by atoms with Gasteiger partial charge >= 0.3 is 0 Å². The number of nitrogens with zero attached hydrogens (tertiary/aromatic N) is 1. The fourth-order valence-electron chi connectivity index (χ4n) is 2.72. The number of carbonyl (C=O) groups is 2. The van der Waals surface area contributed by atoms with Crippen LogP contribution < -0.4 is 16.0 Å². The molecule has 1 aromatic carbocycles. The van der Waals surface area contributed by atoms with Gasteiger partial charge in [0.05, 0.1) is 0 Å². The van der Waals surface area contributed by atoms with Crippen molar-refractivity contribution in [3.63, 3.8) is 0 Å². The highest BCUT2D eigenvalue weighted by atomic mass is 32.2. The SMILES string of the molecule is O=C(CC1CC(=O)NC(SCc2ccccc2)N1)NCc1ccncc1. The van der Waals surface area contributed by atoms with E-state index in [2.05, 4.69) is 33.1 Å². The predicted molar refractivity (Wildman–Crippen MR) is 102 cm³/mol. The smallest absolute Gasteiger partial charge is 0.223 e. The Morgan fingerprint density at radius 2 is 1.92 bits per heavy atom. The molecule has 0 saturated carbocycles. The van der Waals surface area contributed by atoms with E-state index in [-0.39, 0.29) is 29.8 Å². The number of benzene rings is 1. The first-order valence-corrected chi connectivity index (χ1v) is 9.60. The number of carbonyl (C=O) groups excluding carboxylic acids is 2. The van der Waals surface area contributed by atoms with Gasteiger partial charge in [0, 0.05) is 43.6 Å². The van der Waals surface area contributed by atoms with Crippen molar-refractivity contribution in [3.8, 4) is 0 Å². The Morgan fingerprint density at radius 1 is 1.15 bits per heavy atom. The monoisotopic (exact) mass is 370 g/mol. The zero-order valence-electron chi connectivity index (χ0n) is 14.4. The molecule has 3 N–H and O–H groups in total. The van der Waals surface area contributed by atoms with Crippen LogP contribution in [0.1, 0.15) is 24.0 Å². The molecule has 2 amide bonds. The summed E-state index contributed by atoms with van der Waals surface area (Å²) < 4.78 is 0. The van der Waals surface area contributed by atoms with Gasteiger partial charge in [-0.3, -0.25) is 19.9 Å². The maximum absolute atomic E-state index is 12.2. The van der Waals surface area contributed by atoms with E-state index in [1.165, 1.54) is 5.56 Å². The van der Waals surface area contributed by atoms with Crippen LogP contribution in [0.15, 0.2) is 54.9 Å². The Balaban J connectivity index is 1.45. The van der Waals surface area contributed by atoms with Crippen LogP contribution >= 0.6 is 11.8 Å². The molecule has 7 heteroatoms. The van der Waals surface area contributed by atoms with Gasteiger partial charge in [0.25, 0.3) is 0 Å². The highest BCUT2D eigenvalue weighted by molar-refractivity contribution is 7.99. The van der Waals surface area contributed by atoms with Crippen LogP contribution in [0.25, 0.3) is 0 Å². The Kier molecular flexibility index (Phi) is 6.62. The number of aromatic nitrogens is 1. The van der Waals surface area contributed by atoms with Crippen LogP contribution in [0.3, 0.4) is 0 Å². The molecule has 2 unspecified atom stereocenters. The van der Waals surface area contributed by atoms with Gasteiger partial charge in [-0.2, -0.15) is 0 Å². The second kappa shape index (κ2) is 9.35. The minimum Gasteiger partial charge on any atom is -0.352 e. The van der Waals surface area contributed by atoms with Crippen LogP contribution in [-0.4, -0.2) is 28.3 Å². The molecular weight excluding hydrogens is 348 g/mol. The molecule has 1 aromatic heterocycles. The zero-order valence-corrected chi connectivity index (χ0v) is 15.2. The molecule has 3 rings (SSSR count). The minimum absolute atomic E-state index is 0.0266. The number of rotatable bonds is 7. The lowest BCUT2D eigenvalue weighted by Gasteiger charge is -2.31. The third-order valence-corrected chi connectivity index (χ3v) is 5.13. The van der Waals surface area contributed by atoms with Crippen molar-refractivity contribution in [2.24, 2.45) is 0 Å². The van der Waals surface area contributed by atoms with Crippen molar-refractivity contribution < 1.29 is 9.59 Å². The predicted octanol–water partition coefficient (Wildman–Crippen LogP) is 1.78. The number of amides is 2. The van der Waals surface area contributed by atoms with Gasteiger partial charge in [-0.15, -0.1) is 11.8 Å². The summed E-state index contributed by atoms with van der Waals surface area (Å²) in [7, 11) is 0. The molecule has 0 radical (unpaired) electrons. The standard InChI is InChI=1S/C19H22N4O2S/c24-17(21-12-14-6-8-20-9-7-14)10-16-11-18(25)23-19(22-16)26-13-15-4-2-1-3-5-15/h1-9,16,19,22H,10-13H2,(H,21,24)(H,23,25). The summed E-state index contributed by atoms with van der Waals surface area (Å²) in [4.78, 5) is 28.1. The van der Waals surface area contributed by atoms with Crippen molar-refractivity contribution in [3.05, 3.63) is 66.0 Å². The Bertz CT molecular complexity index is 727. The Hall–Kier alpha value is -2.38. The van der Waals surface area contributed by atoms with E-state index in [9.17, 15) is 9.59 Å². The first-order valence-electron chi connectivity index (χ1n) is 8.55. The van der Waals surface area contributed by atoms with Crippen LogP contribution in [0.2, 0.25) is 0 Å². The van der Waals surface area contributed by atoms with Crippen LogP contribution in [0, 0.1) is 0 Å². The highest BCUT2D eigenvalue weighted by Crippen LogP contribution is 2.18. The van der Waals surface area contributed by atoms with E-state index in [1.54, 1.807) is 24.2 Å². The number of hydrogen-bond acceptors (Lipinski definition) is 5. The summed E-state index contributed by atoms with van der Waals surface area (Å²) in [6.45, 7) is 0.465. The maximum Gasteiger partial charge on any atom is 0.223 e. The molecule has 1 aliphatic rings. The largest absolute Gasteiger partial charge is 0.352 e. The van der Waals surface area contributed by atoms with Gasteiger partial charge in [0.1, 0.15) is 5.50 Å². The van der Waals surface area contributed by atoms with E-state index in [1.807, 2.05) is 30.3 Å². The van der Waals surface area contributed by atoms with E-state index in [4.69, 9.17) is 0 Å². The summed E-state index contributed by atoms with van der Waals surface area (Å²) in [6.07, 6.45) is 3.98. The molecule has 136 valence electrons. The van der Waals surface area contributed by atoms with Gasteiger partial charge in [-0.25, -0.2) is 0 Å². The van der Waals surface area contributed by atoms with Gasteiger partial charge in [-0.1, -0.05) is 30.3 Å². The fourth-order valence-corrected chi connectivity index (χ4v) is 3.77. The molecular formula is C19H22N4O2S. The first kappa shape index (κ1) is 18.4. The van der Waals surface area contributed by atoms with Crippen LogP contribution in [0.5, 0.6) is 0 Å². The molecule has 1 fully saturated rings. The summed E-state index contributed by atoms with van der Waals surface area (Å²) in [6, 6.07) is 13.7. The number of pyridine rings is 1. The third-order valence-electron chi connectivity index (χ3n) is 4.04. The molecule has 2 heterocycles. The molecule has 0 aliphatic carbocycles. The number of thioether (sulfide) groups is 1. The van der Waals surface area contributed by atoms with Crippen molar-refractivity contribution in [1.82, 2.24) is 20.9 Å². The van der Waals surface area contributed by atoms with Crippen molar-refractivity contribution in [2.75, 3.05) is 0 Å². The molecule has 0 spiro atoms. The first-order chi connectivity index (χ1) is 12.7. The summed E-state index contributed by atoms with van der Waals surface area (Å²) in [5, 5.41) is 9.15. The second-order valence-corrected chi connectivity index (χ2v) is 7.24. The molecule has 1 saturated heterocycles. The number of hydrogen-bond donors (Lipinski definition) is 3. The molecule has 1 aliphatic heterocycles. The van der Waals surface area contributed by atoms with Crippen molar-refractivity contribution in [2.45, 2.75) is 36.7 Å². The molecule has 6 nitrogen and oxygen atoms in total. The van der Waals surface area contributed by atoms with Crippen LogP contribution in [0.4, 0.5) is 0 Å². The van der Waals surface area contributed by atoms with Gasteiger partial charge in [-0.05, 0) is 23.3 Å². The maximum atomic E-state index is 12.2. The molecule has 26 heavy (non-hydrogen) atoms. The Labute approximate surface area is 157 Å². The Morgan fingerprint density at radius 3 is 2.69 bits per heavy atom. The minimum atomic E-state index is -0.186. The van der Waals surface area contributed by atoms with E-state index < -0.39 is 0 Å². The normalized spacial score (nSPS) is 19.6. The van der Waals surface area contributed by atoms with Crippen molar-refractivity contribution >= 4 is 23.6 Å². The third kappa shape index (κ3) is 5.86. The fraction of sp³-hybridized carbons (Fsp3) is 0.316. The lowest BCUT2D eigenvalue weighted by Crippen LogP contribution is -2.55. The summed E-state index contributed by atoms with van der Waals surface area (Å²) in [5.74, 6) is 0.696. The quantitative estimate of drug-likeness (QED) is 0.692. The van der Waals surface area contributed by atoms with Gasteiger partial charge in [0.15, 0.2) is 0 Å². The molecule has 2 atom stereocenters. The average molecular weight is 370 g/mol. The zero-order chi connectivity index (χ0) is 18.2. The van der Waals surface area contributed by atoms with Crippen LogP contribution in [-0.2, 0) is 21.9 Å². The lowest BCUT2D eigenvalue weighted by molar-refractivity contribution is -0.125. The summed E-state index contributed by atoms with van der Waals surface area (Å²) >= 11 is 1.61. The highest BCUT2D eigenvalue weighted by Gasteiger charge is 2.27. The summed E-state index contributed by atoms with van der Waals surface area (Å²) in [5.41, 5.74) is 2.01. The second-order valence-electron chi connectivity index (χ2n) is 6.15. The van der Waals surface area contributed by atoms with Gasteiger partial charge in [0.2, 0.25) is 11.8 Å². The molecule has 0 bridgehead atoms. The van der Waals surface area contributed by atoms with E-state index in [0.29, 0.717) is 13.0 Å². The average Bonchev–Trinajstić information content (AvgIpc) is 2.66. The lowest BCUT2D eigenvalue weighted by atomic mass is 10.1. The topological polar surface area (TPSA) is 83.1 Å². The molecule has 2 aromatic rings. The van der Waals surface area contributed by atoms with E-state index in [0.717, 1.165) is 11.3 Å². The van der Waals surface area contributed by atoms with Gasteiger partial charge < -0.3 is 10.6 Å². The van der Waals surface area contributed by atoms with Crippen molar-refractivity contribution in [1.29, 1.82) is 0 Å². The van der Waals surface area contributed by atoms with E-state index >= 15 is 0 Å².